The molecule has 0 spiro atoms. The summed E-state index contributed by atoms with van der Waals surface area (Å²) in [5.41, 5.74) is 5.85. The molecule has 0 fully saturated rings. The summed E-state index contributed by atoms with van der Waals surface area (Å²) in [4.78, 5) is 12.5. The van der Waals surface area contributed by atoms with E-state index in [1.165, 1.54) is 0 Å². The zero-order chi connectivity index (χ0) is 17.2. The lowest BCUT2D eigenvalue weighted by Gasteiger charge is -2.29. The number of hydrogen-bond donors (Lipinski definition) is 2. The molecule has 2 unspecified atom stereocenters. The van der Waals surface area contributed by atoms with Gasteiger partial charge in [0.1, 0.15) is 18.2 Å². The Labute approximate surface area is 161 Å². The number of carbonyl (C=O) groups excluding carboxylic acids is 1. The summed E-state index contributed by atoms with van der Waals surface area (Å²) in [6.45, 7) is 2.41. The van der Waals surface area contributed by atoms with Gasteiger partial charge in [0.25, 0.3) is 0 Å². The number of para-hydroxylation sites is 2. The van der Waals surface area contributed by atoms with Gasteiger partial charge >= 0.3 is 0 Å². The number of benzene rings is 2. The minimum absolute atomic E-state index is 0. The highest BCUT2D eigenvalue weighted by atomic mass is 79.9. The van der Waals surface area contributed by atoms with E-state index in [2.05, 4.69) is 21.2 Å². The molecule has 0 saturated carbocycles. The molecule has 1 amide bonds. The number of rotatable bonds is 4. The molecule has 5 nitrogen and oxygen atoms in total. The third-order valence-corrected chi connectivity index (χ3v) is 4.50. The fourth-order valence-electron chi connectivity index (χ4n) is 2.48. The van der Waals surface area contributed by atoms with Crippen molar-refractivity contribution in [1.29, 1.82) is 0 Å². The number of fused-ring (bicyclic) bond motifs is 1. The van der Waals surface area contributed by atoms with Crippen molar-refractivity contribution in [3.05, 3.63) is 58.6 Å². The van der Waals surface area contributed by atoms with E-state index in [9.17, 15) is 4.79 Å². The van der Waals surface area contributed by atoms with E-state index in [0.717, 1.165) is 15.8 Å². The summed E-state index contributed by atoms with van der Waals surface area (Å²) in [7, 11) is 0. The molecule has 2 atom stereocenters. The van der Waals surface area contributed by atoms with E-state index in [1.807, 2.05) is 48.5 Å². The van der Waals surface area contributed by atoms with Gasteiger partial charge in [-0.15, -0.1) is 12.4 Å². The number of ether oxygens (including phenoxy) is 2. The number of amides is 1. The monoisotopic (exact) mass is 426 g/mol. The minimum atomic E-state index is -1.12. The first-order valence-corrected chi connectivity index (χ1v) is 8.48. The highest BCUT2D eigenvalue weighted by Gasteiger charge is 2.31. The van der Waals surface area contributed by atoms with Crippen molar-refractivity contribution in [3.8, 4) is 11.5 Å². The first-order valence-electron chi connectivity index (χ1n) is 7.68. The first kappa shape index (κ1) is 19.6. The van der Waals surface area contributed by atoms with Crippen molar-refractivity contribution in [2.45, 2.75) is 18.6 Å². The lowest BCUT2D eigenvalue weighted by atomic mass is 9.92. The molecular weight excluding hydrogens is 408 g/mol. The number of hydrogen-bond acceptors (Lipinski definition) is 4. The van der Waals surface area contributed by atoms with Crippen LogP contribution < -0.4 is 20.5 Å². The third kappa shape index (κ3) is 4.45. The molecule has 0 saturated heterocycles. The average molecular weight is 428 g/mol. The molecular formula is C18H20BrClN2O3. The Morgan fingerprint density at radius 2 is 1.88 bits per heavy atom. The molecule has 7 heteroatoms. The maximum Gasteiger partial charge on any atom is 0.244 e. The molecule has 134 valence electrons. The van der Waals surface area contributed by atoms with Crippen LogP contribution in [0.2, 0.25) is 0 Å². The van der Waals surface area contributed by atoms with Crippen LogP contribution in [0.1, 0.15) is 12.5 Å². The van der Waals surface area contributed by atoms with Crippen LogP contribution in [0.25, 0.3) is 0 Å². The third-order valence-electron chi connectivity index (χ3n) is 3.97. The summed E-state index contributed by atoms with van der Waals surface area (Å²) >= 11 is 3.37. The summed E-state index contributed by atoms with van der Waals surface area (Å²) in [5.74, 6) is 1.15. The largest absolute Gasteiger partial charge is 0.486 e. The maximum absolute atomic E-state index is 12.5. The molecule has 1 aliphatic rings. The van der Waals surface area contributed by atoms with E-state index >= 15 is 0 Å². The van der Waals surface area contributed by atoms with Crippen LogP contribution in [0, 0.1) is 0 Å². The molecule has 3 N–H and O–H groups in total. The van der Waals surface area contributed by atoms with Crippen molar-refractivity contribution in [2.75, 3.05) is 13.2 Å². The quantitative estimate of drug-likeness (QED) is 0.787. The van der Waals surface area contributed by atoms with E-state index in [4.69, 9.17) is 15.2 Å². The molecule has 25 heavy (non-hydrogen) atoms. The molecule has 1 heterocycles. The SMILES string of the molecule is CC(N)(C(=O)NCC1COc2ccccc2O1)c1ccc(Br)cc1.Cl. The summed E-state index contributed by atoms with van der Waals surface area (Å²) in [6, 6.07) is 14.9. The second-order valence-corrected chi connectivity index (χ2v) is 6.83. The molecule has 1 aliphatic heterocycles. The second kappa shape index (κ2) is 8.08. The van der Waals surface area contributed by atoms with Gasteiger partial charge in [-0.05, 0) is 36.8 Å². The first-order chi connectivity index (χ1) is 11.5. The second-order valence-electron chi connectivity index (χ2n) is 5.92. The average Bonchev–Trinajstić information content (AvgIpc) is 2.59. The van der Waals surface area contributed by atoms with Gasteiger partial charge < -0.3 is 20.5 Å². The minimum Gasteiger partial charge on any atom is -0.486 e. The zero-order valence-corrected chi connectivity index (χ0v) is 16.1. The summed E-state index contributed by atoms with van der Waals surface area (Å²) in [5, 5.41) is 2.86. The van der Waals surface area contributed by atoms with Crippen LogP contribution >= 0.6 is 28.3 Å². The van der Waals surface area contributed by atoms with Gasteiger partial charge in [0, 0.05) is 4.47 Å². The molecule has 3 rings (SSSR count). The van der Waals surface area contributed by atoms with Crippen LogP contribution in [0.4, 0.5) is 0 Å². The maximum atomic E-state index is 12.5. The van der Waals surface area contributed by atoms with E-state index in [-0.39, 0.29) is 24.4 Å². The number of nitrogens with two attached hydrogens (primary N) is 1. The molecule has 2 aromatic rings. The smallest absolute Gasteiger partial charge is 0.244 e. The lowest BCUT2D eigenvalue weighted by molar-refractivity contribution is -0.126. The highest BCUT2D eigenvalue weighted by molar-refractivity contribution is 9.10. The number of carbonyl (C=O) groups is 1. The molecule has 0 radical (unpaired) electrons. The van der Waals surface area contributed by atoms with Gasteiger partial charge in [-0.3, -0.25) is 4.79 Å². The van der Waals surface area contributed by atoms with Crippen LogP contribution in [-0.2, 0) is 10.3 Å². The zero-order valence-electron chi connectivity index (χ0n) is 13.7. The molecule has 2 aromatic carbocycles. The van der Waals surface area contributed by atoms with E-state index < -0.39 is 5.54 Å². The van der Waals surface area contributed by atoms with Crippen molar-refractivity contribution >= 4 is 34.2 Å². The normalized spacial score (nSPS) is 17.8. The fraction of sp³-hybridized carbons (Fsp3) is 0.278. The molecule has 0 bridgehead atoms. The van der Waals surface area contributed by atoms with Crippen LogP contribution in [0.5, 0.6) is 11.5 Å². The Morgan fingerprint density at radius 1 is 1.24 bits per heavy atom. The topological polar surface area (TPSA) is 73.6 Å². The summed E-state index contributed by atoms with van der Waals surface area (Å²) in [6.07, 6.45) is -0.246. The van der Waals surface area contributed by atoms with Gasteiger partial charge in [0.15, 0.2) is 11.5 Å². The predicted molar refractivity (Wildman–Crippen MR) is 102 cm³/mol. The number of nitrogens with one attached hydrogen (secondary N) is 1. The van der Waals surface area contributed by atoms with Crippen molar-refractivity contribution < 1.29 is 14.3 Å². The molecule has 0 aliphatic carbocycles. The number of halogens is 2. The fourth-order valence-corrected chi connectivity index (χ4v) is 2.75. The Morgan fingerprint density at radius 3 is 2.56 bits per heavy atom. The van der Waals surface area contributed by atoms with Crippen LogP contribution in [-0.4, -0.2) is 25.2 Å². The van der Waals surface area contributed by atoms with Gasteiger partial charge in [-0.25, -0.2) is 0 Å². The van der Waals surface area contributed by atoms with E-state index in [1.54, 1.807) is 6.92 Å². The van der Waals surface area contributed by atoms with Crippen molar-refractivity contribution in [3.63, 3.8) is 0 Å². The Balaban J connectivity index is 0.00000225. The molecule has 0 aromatic heterocycles. The van der Waals surface area contributed by atoms with Gasteiger partial charge in [0.05, 0.1) is 6.54 Å². The Hall–Kier alpha value is -1.76. The Kier molecular flexibility index (Phi) is 6.32. The van der Waals surface area contributed by atoms with E-state index in [0.29, 0.717) is 18.9 Å². The van der Waals surface area contributed by atoms with Gasteiger partial charge in [-0.2, -0.15) is 0 Å². The van der Waals surface area contributed by atoms with Crippen LogP contribution in [0.3, 0.4) is 0 Å². The predicted octanol–water partition coefficient (Wildman–Crippen LogP) is 3.00. The van der Waals surface area contributed by atoms with Crippen molar-refractivity contribution in [2.24, 2.45) is 5.73 Å². The summed E-state index contributed by atoms with van der Waals surface area (Å²) < 4.78 is 12.4. The highest BCUT2D eigenvalue weighted by Crippen LogP contribution is 2.30. The lowest BCUT2D eigenvalue weighted by Crippen LogP contribution is -2.52. The standard InChI is InChI=1S/C18H19BrN2O3.ClH/c1-18(20,12-6-8-13(19)9-7-12)17(22)21-10-14-11-23-15-4-2-3-5-16(15)24-14;/h2-9,14H,10-11,20H2,1H3,(H,21,22);1H. The van der Waals surface area contributed by atoms with Crippen molar-refractivity contribution in [1.82, 2.24) is 5.32 Å². The van der Waals surface area contributed by atoms with Crippen LogP contribution in [0.15, 0.2) is 53.0 Å². The van der Waals surface area contributed by atoms with Gasteiger partial charge in [-0.1, -0.05) is 40.2 Å². The van der Waals surface area contributed by atoms with Gasteiger partial charge in [0.2, 0.25) is 5.91 Å². The Bertz CT molecular complexity index is 737.